The van der Waals surface area contributed by atoms with Gasteiger partial charge in [-0.25, -0.2) is 14.2 Å². The van der Waals surface area contributed by atoms with Gasteiger partial charge in [-0.15, -0.1) is 0 Å². The third-order valence-corrected chi connectivity index (χ3v) is 6.24. The van der Waals surface area contributed by atoms with Crippen molar-refractivity contribution in [3.8, 4) is 22.8 Å². The molecule has 0 unspecified atom stereocenters. The third-order valence-electron chi connectivity index (χ3n) is 6.24. The van der Waals surface area contributed by atoms with Gasteiger partial charge in [0.1, 0.15) is 11.6 Å². The molecule has 3 rings (SSSR count). The molecule has 0 amide bonds. The average Bonchev–Trinajstić information content (AvgIpc) is 2.88. The van der Waals surface area contributed by atoms with Crippen molar-refractivity contribution >= 4 is 11.9 Å². The van der Waals surface area contributed by atoms with Gasteiger partial charge in [0.2, 0.25) is 5.88 Å². The van der Waals surface area contributed by atoms with E-state index >= 15 is 0 Å². The largest absolute Gasteiger partial charge is 0.481 e. The van der Waals surface area contributed by atoms with E-state index in [1.54, 1.807) is 30.3 Å². The Morgan fingerprint density at radius 2 is 1.84 bits per heavy atom. The number of rotatable bonds is 10. The van der Waals surface area contributed by atoms with Crippen LogP contribution in [0.1, 0.15) is 48.4 Å². The van der Waals surface area contributed by atoms with E-state index in [2.05, 4.69) is 4.98 Å². The van der Waals surface area contributed by atoms with Crippen LogP contribution in [0.25, 0.3) is 11.1 Å². The van der Waals surface area contributed by atoms with Crippen molar-refractivity contribution in [1.82, 2.24) is 9.88 Å². The number of carbonyl (C=O) groups is 2. The number of methoxy groups -OCH3 is 1. The van der Waals surface area contributed by atoms with E-state index < -0.39 is 29.8 Å². The molecule has 2 N–H and O–H groups in total. The quantitative estimate of drug-likeness (QED) is 0.298. The number of carboxylic acid groups (broad SMARTS) is 1. The van der Waals surface area contributed by atoms with Gasteiger partial charge in [-0.1, -0.05) is 18.2 Å². The Balaban J connectivity index is 1.96. The standard InChI is InChI=1S/C28H31FN2O6/c1-16(2)31(4)15-21-11-18(22-13-25(36-5)30-14-23(22)29)9-10-24(21)37-28(35)20-8-6-7-19(12-20)26(32)17(3)27(33)34/h6-14,16-17,26,32H,15H2,1-5H3,(H,33,34)/t17-,26+/m0/s1. The Labute approximate surface area is 215 Å². The molecule has 3 aromatic rings. The molecule has 9 heteroatoms. The smallest absolute Gasteiger partial charge is 0.343 e. The number of carbonyl (C=O) groups excluding carboxylic acids is 1. The number of aromatic nitrogens is 1. The molecule has 1 heterocycles. The zero-order valence-electron chi connectivity index (χ0n) is 21.4. The predicted octanol–water partition coefficient (Wildman–Crippen LogP) is 4.71. The monoisotopic (exact) mass is 510 g/mol. The number of hydrogen-bond donors (Lipinski definition) is 2. The first-order valence-electron chi connectivity index (χ1n) is 11.8. The van der Waals surface area contributed by atoms with Gasteiger partial charge in [0.05, 0.1) is 30.9 Å². The van der Waals surface area contributed by atoms with Gasteiger partial charge in [0, 0.05) is 29.8 Å². The number of ether oxygens (including phenoxy) is 2. The molecule has 1 aromatic heterocycles. The highest BCUT2D eigenvalue weighted by Gasteiger charge is 2.24. The second-order valence-corrected chi connectivity index (χ2v) is 9.12. The SMILES string of the molecule is COc1cc(-c2ccc(OC(=O)c3cccc([C@H](O)[C@H](C)C(=O)O)c3)c(CN(C)C(C)C)c2)c(F)cn1. The third kappa shape index (κ3) is 6.69. The van der Waals surface area contributed by atoms with Crippen LogP contribution in [0.4, 0.5) is 4.39 Å². The number of esters is 1. The number of halogens is 1. The molecule has 0 aliphatic carbocycles. The van der Waals surface area contributed by atoms with Crippen molar-refractivity contribution in [3.05, 3.63) is 77.2 Å². The van der Waals surface area contributed by atoms with Gasteiger partial charge in [-0.2, -0.15) is 0 Å². The van der Waals surface area contributed by atoms with Crippen molar-refractivity contribution in [3.63, 3.8) is 0 Å². The molecule has 0 fully saturated rings. The number of benzene rings is 2. The summed E-state index contributed by atoms with van der Waals surface area (Å²) < 4.78 is 25.4. The zero-order valence-corrected chi connectivity index (χ0v) is 21.4. The molecule has 0 saturated carbocycles. The van der Waals surface area contributed by atoms with Gasteiger partial charge in [0.25, 0.3) is 0 Å². The molecular formula is C28H31FN2O6. The van der Waals surface area contributed by atoms with Crippen molar-refractivity contribution < 1.29 is 33.7 Å². The van der Waals surface area contributed by atoms with Gasteiger partial charge in [-0.05, 0) is 63.2 Å². The lowest BCUT2D eigenvalue weighted by Gasteiger charge is -2.23. The van der Waals surface area contributed by atoms with Crippen molar-refractivity contribution in [2.45, 2.75) is 39.5 Å². The van der Waals surface area contributed by atoms with E-state index in [4.69, 9.17) is 9.47 Å². The fourth-order valence-electron chi connectivity index (χ4n) is 3.61. The molecule has 0 aliphatic heterocycles. The van der Waals surface area contributed by atoms with E-state index in [0.29, 0.717) is 34.5 Å². The summed E-state index contributed by atoms with van der Waals surface area (Å²) in [7, 11) is 3.37. The minimum absolute atomic E-state index is 0.159. The predicted molar refractivity (Wildman–Crippen MR) is 136 cm³/mol. The molecular weight excluding hydrogens is 479 g/mol. The van der Waals surface area contributed by atoms with Gasteiger partial charge in [-0.3, -0.25) is 9.69 Å². The summed E-state index contributed by atoms with van der Waals surface area (Å²) in [5, 5.41) is 19.6. The molecule has 0 radical (unpaired) electrons. The summed E-state index contributed by atoms with van der Waals surface area (Å²) in [6.45, 7) is 5.86. The summed E-state index contributed by atoms with van der Waals surface area (Å²) in [6.07, 6.45) is -0.193. The van der Waals surface area contributed by atoms with Gasteiger partial charge in [0.15, 0.2) is 0 Å². The van der Waals surface area contributed by atoms with E-state index in [-0.39, 0.29) is 17.5 Å². The lowest BCUT2D eigenvalue weighted by Crippen LogP contribution is -2.26. The van der Waals surface area contributed by atoms with Crippen LogP contribution in [0, 0.1) is 11.7 Å². The average molecular weight is 511 g/mol. The highest BCUT2D eigenvalue weighted by Crippen LogP contribution is 2.32. The number of aliphatic hydroxyl groups is 1. The Bertz CT molecular complexity index is 1280. The van der Waals surface area contributed by atoms with Crippen molar-refractivity contribution in [1.29, 1.82) is 0 Å². The fourth-order valence-corrected chi connectivity index (χ4v) is 3.61. The van der Waals surface area contributed by atoms with E-state index in [0.717, 1.165) is 6.20 Å². The normalized spacial score (nSPS) is 12.9. The molecule has 0 saturated heterocycles. The number of aliphatic carboxylic acids is 1. The van der Waals surface area contributed by atoms with Crippen LogP contribution in [0.15, 0.2) is 54.7 Å². The summed E-state index contributed by atoms with van der Waals surface area (Å²) in [6, 6.07) is 12.8. The Kier molecular flexibility index (Phi) is 8.96. The molecule has 2 atom stereocenters. The fraction of sp³-hybridized carbons (Fsp3) is 0.321. The first kappa shape index (κ1) is 27.8. The van der Waals surface area contributed by atoms with Crippen LogP contribution in [0.5, 0.6) is 11.6 Å². The van der Waals surface area contributed by atoms with Crippen LogP contribution in [0.3, 0.4) is 0 Å². The van der Waals surface area contributed by atoms with Crippen molar-refractivity contribution in [2.24, 2.45) is 5.92 Å². The van der Waals surface area contributed by atoms with Gasteiger partial charge < -0.3 is 19.7 Å². The molecule has 2 aromatic carbocycles. The number of aliphatic hydroxyl groups excluding tert-OH is 1. The van der Waals surface area contributed by atoms with Crippen molar-refractivity contribution in [2.75, 3.05) is 14.2 Å². The van der Waals surface area contributed by atoms with Crippen LogP contribution in [0.2, 0.25) is 0 Å². The number of carboxylic acids is 1. The summed E-state index contributed by atoms with van der Waals surface area (Å²) in [4.78, 5) is 30.2. The Morgan fingerprint density at radius 1 is 1.11 bits per heavy atom. The van der Waals surface area contributed by atoms with E-state index in [1.165, 1.54) is 32.2 Å². The number of hydrogen-bond acceptors (Lipinski definition) is 7. The highest BCUT2D eigenvalue weighted by molar-refractivity contribution is 5.91. The topological polar surface area (TPSA) is 109 Å². The minimum atomic E-state index is -1.29. The van der Waals surface area contributed by atoms with Crippen LogP contribution in [-0.4, -0.2) is 52.2 Å². The highest BCUT2D eigenvalue weighted by atomic mass is 19.1. The summed E-state index contributed by atoms with van der Waals surface area (Å²) in [5.74, 6) is -2.82. The lowest BCUT2D eigenvalue weighted by atomic mass is 9.96. The first-order valence-corrected chi connectivity index (χ1v) is 11.8. The molecule has 0 spiro atoms. The van der Waals surface area contributed by atoms with Crippen LogP contribution < -0.4 is 9.47 Å². The minimum Gasteiger partial charge on any atom is -0.481 e. The number of nitrogens with zero attached hydrogens (tertiary/aromatic N) is 2. The number of pyridine rings is 1. The maximum atomic E-state index is 14.6. The maximum Gasteiger partial charge on any atom is 0.343 e. The summed E-state index contributed by atoms with van der Waals surface area (Å²) in [5.41, 5.74) is 1.98. The van der Waals surface area contributed by atoms with Gasteiger partial charge >= 0.3 is 11.9 Å². The maximum absolute atomic E-state index is 14.6. The second kappa shape index (κ2) is 11.9. The lowest BCUT2D eigenvalue weighted by molar-refractivity contribution is -0.145. The molecule has 0 aliphatic rings. The second-order valence-electron chi connectivity index (χ2n) is 9.12. The van der Waals surface area contributed by atoms with E-state index in [9.17, 15) is 24.2 Å². The summed E-state index contributed by atoms with van der Waals surface area (Å²) >= 11 is 0. The van der Waals surface area contributed by atoms with Crippen LogP contribution in [-0.2, 0) is 11.3 Å². The zero-order chi connectivity index (χ0) is 27.3. The Morgan fingerprint density at radius 3 is 2.49 bits per heavy atom. The van der Waals surface area contributed by atoms with Crippen LogP contribution >= 0.6 is 0 Å². The molecule has 0 bridgehead atoms. The molecule has 8 nitrogen and oxygen atoms in total. The first-order chi connectivity index (χ1) is 17.5. The molecule has 196 valence electrons. The Hall–Kier alpha value is -3.82. The van der Waals surface area contributed by atoms with E-state index in [1.807, 2.05) is 25.8 Å². The molecule has 37 heavy (non-hydrogen) atoms.